The Labute approximate surface area is 458 Å². The molecule has 0 radical (unpaired) electrons. The van der Waals surface area contributed by atoms with Gasteiger partial charge in [-0.25, -0.2) is 15.0 Å². The van der Waals surface area contributed by atoms with Gasteiger partial charge in [0.25, 0.3) is 5.91 Å². The first-order valence-electron chi connectivity index (χ1n) is 26.5. The first-order chi connectivity index (χ1) is 38.5. The predicted molar refractivity (Wildman–Crippen MR) is 286 cm³/mol. The van der Waals surface area contributed by atoms with E-state index in [1.165, 1.54) is 17.0 Å². The Hall–Kier alpha value is -6.41. The number of allylic oxidation sites excluding steroid dienone is 2. The lowest BCUT2D eigenvalue weighted by Crippen LogP contribution is -2.35. The number of benzene rings is 2. The Morgan fingerprint density at radius 1 is 0.671 bits per heavy atom. The highest BCUT2D eigenvalue weighted by atomic mass is 19.4. The SMILES string of the molecule is Cc1cn(-c2cc(NC(=O)c3ccc(C)c(Nc4nccc(-c5cncc(OCCOCCOCCOCCOCCOCCOCCOCCOCCOCCNC(=O)[C@@H]6C[C@@H]7C=C[C@H]6C7)c5)n4)c3)cc(C(F)(F)F)c2)cn1. The van der Waals surface area contributed by atoms with Crippen molar-refractivity contribution in [3.63, 3.8) is 0 Å². The molecule has 1 fully saturated rings. The van der Waals surface area contributed by atoms with Crippen molar-refractivity contribution in [3.8, 4) is 22.7 Å². The van der Waals surface area contributed by atoms with E-state index in [0.717, 1.165) is 30.5 Å². The van der Waals surface area contributed by atoms with E-state index in [0.29, 0.717) is 166 Å². The van der Waals surface area contributed by atoms with Crippen molar-refractivity contribution in [1.82, 2.24) is 29.8 Å². The van der Waals surface area contributed by atoms with Crippen LogP contribution in [0.3, 0.4) is 0 Å². The van der Waals surface area contributed by atoms with Gasteiger partial charge in [0, 0.05) is 59.2 Å². The second-order valence-corrected chi connectivity index (χ2v) is 18.5. The van der Waals surface area contributed by atoms with Crippen LogP contribution in [0.4, 0.5) is 30.5 Å². The normalized spacial score (nSPS) is 15.7. The van der Waals surface area contributed by atoms with Crippen LogP contribution in [-0.2, 0) is 53.6 Å². The van der Waals surface area contributed by atoms with Gasteiger partial charge in [0.1, 0.15) is 12.4 Å². The standard InChI is InChI=1S/C56H71F3N8O12/c1-40-3-5-44(53(68)64-47-33-46(56(57,58)59)34-48(35-47)67-38-41(2)63-39-67)32-52(40)66-55-62-8-7-51(65-55)45-31-49(37-60-36-45)79-28-27-78-26-25-77-24-23-76-22-21-75-20-19-74-18-17-73-16-15-72-14-13-71-12-11-70-10-9-61-54(69)50-30-42-4-6-43(50)29-42/h3-8,31-39,42-43,50H,9-30H2,1-2H3,(H,61,69)(H,64,68)(H,62,65,66)/t42-,43+,50-/m1/s1. The van der Waals surface area contributed by atoms with Crippen LogP contribution in [0.15, 0.2) is 91.8 Å². The zero-order valence-electron chi connectivity index (χ0n) is 44.7. The van der Waals surface area contributed by atoms with Crippen LogP contribution < -0.4 is 20.7 Å². The first-order valence-corrected chi connectivity index (χ1v) is 26.5. The molecular formula is C56H71F3N8O12. The molecule has 1 saturated carbocycles. The molecular weight excluding hydrogens is 1030 g/mol. The average molecular weight is 1110 g/mol. The molecule has 5 aromatic rings. The molecule has 3 N–H and O–H groups in total. The average Bonchev–Trinajstić information content (AvgIpc) is 4.29. The number of anilines is 3. The number of halogens is 3. The Morgan fingerprint density at radius 2 is 1.28 bits per heavy atom. The van der Waals surface area contributed by atoms with E-state index in [1.807, 2.05) is 6.92 Å². The quantitative estimate of drug-likeness (QED) is 0.0263. The predicted octanol–water partition coefficient (Wildman–Crippen LogP) is 7.21. The molecule has 7 rings (SSSR count). The third-order valence-electron chi connectivity index (χ3n) is 12.6. The number of hydrogen-bond donors (Lipinski definition) is 3. The number of rotatable bonds is 38. The summed E-state index contributed by atoms with van der Waals surface area (Å²) in [6, 6.07) is 11.7. The second kappa shape index (κ2) is 32.6. The summed E-state index contributed by atoms with van der Waals surface area (Å²) in [5, 5.41) is 8.75. The van der Waals surface area contributed by atoms with Crippen molar-refractivity contribution in [1.29, 1.82) is 0 Å². The number of imidazole rings is 1. The van der Waals surface area contributed by atoms with E-state index < -0.39 is 17.6 Å². The molecule has 428 valence electrons. The third-order valence-corrected chi connectivity index (χ3v) is 12.6. The molecule has 20 nitrogen and oxygen atoms in total. The van der Waals surface area contributed by atoms with Crippen molar-refractivity contribution in [2.24, 2.45) is 17.8 Å². The highest BCUT2D eigenvalue weighted by Gasteiger charge is 2.39. The Morgan fingerprint density at radius 3 is 1.84 bits per heavy atom. The number of nitrogens with zero attached hydrogens (tertiary/aromatic N) is 5. The van der Waals surface area contributed by atoms with Crippen molar-refractivity contribution < 1.29 is 70.1 Å². The molecule has 2 amide bonds. The zero-order chi connectivity index (χ0) is 55.5. The van der Waals surface area contributed by atoms with Gasteiger partial charge in [-0.15, -0.1) is 0 Å². The number of pyridine rings is 1. The van der Waals surface area contributed by atoms with Crippen molar-refractivity contribution in [3.05, 3.63) is 114 Å². The number of alkyl halides is 3. The number of carbonyl (C=O) groups excluding carboxylic acids is 2. The number of nitrogens with one attached hydrogen (secondary N) is 3. The Kier molecular flexibility index (Phi) is 24.9. The van der Waals surface area contributed by atoms with Crippen LogP contribution in [0.1, 0.15) is 40.0 Å². The maximum Gasteiger partial charge on any atom is 0.416 e. The Bertz CT molecular complexity index is 2680. The highest BCUT2D eigenvalue weighted by Crippen LogP contribution is 2.43. The fraction of sp³-hybridized carbons (Fsp3) is 0.500. The molecule has 3 heterocycles. The monoisotopic (exact) mass is 1100 g/mol. The van der Waals surface area contributed by atoms with E-state index in [2.05, 4.69) is 48.0 Å². The third kappa shape index (κ3) is 21.0. The maximum absolute atomic E-state index is 13.8. The van der Waals surface area contributed by atoms with Crippen molar-refractivity contribution in [2.75, 3.05) is 143 Å². The lowest BCUT2D eigenvalue weighted by molar-refractivity contribution is -0.137. The van der Waals surface area contributed by atoms with Gasteiger partial charge in [0.15, 0.2) is 0 Å². The summed E-state index contributed by atoms with van der Waals surface area (Å²) in [6.07, 6.45) is 9.69. The number of aromatic nitrogens is 5. The fourth-order valence-corrected chi connectivity index (χ4v) is 8.54. The van der Waals surface area contributed by atoms with E-state index in [-0.39, 0.29) is 41.3 Å². The molecule has 79 heavy (non-hydrogen) atoms. The van der Waals surface area contributed by atoms with E-state index in [4.69, 9.17) is 47.4 Å². The summed E-state index contributed by atoms with van der Waals surface area (Å²) in [4.78, 5) is 43.1. The molecule has 23 heteroatoms. The lowest BCUT2D eigenvalue weighted by Gasteiger charge is -2.17. The second-order valence-electron chi connectivity index (χ2n) is 18.5. The first kappa shape index (κ1) is 60.2. The topological polar surface area (TPSA) is 219 Å². The largest absolute Gasteiger partial charge is 0.490 e. The minimum Gasteiger partial charge on any atom is -0.490 e. The summed E-state index contributed by atoms with van der Waals surface area (Å²) in [7, 11) is 0. The van der Waals surface area contributed by atoms with Gasteiger partial charge < -0.3 is 67.9 Å². The molecule has 3 aromatic heterocycles. The van der Waals surface area contributed by atoms with E-state index in [9.17, 15) is 22.8 Å². The molecule has 0 saturated heterocycles. The van der Waals surface area contributed by atoms with Crippen molar-refractivity contribution in [2.45, 2.75) is 32.9 Å². The minimum atomic E-state index is -4.64. The number of carbonyl (C=O) groups is 2. The van der Waals surface area contributed by atoms with Crippen LogP contribution in [-0.4, -0.2) is 168 Å². The number of amides is 2. The molecule has 3 atom stereocenters. The smallest absolute Gasteiger partial charge is 0.416 e. The van der Waals surface area contributed by atoms with Gasteiger partial charge in [-0.3, -0.25) is 14.6 Å². The van der Waals surface area contributed by atoms with Gasteiger partial charge in [-0.2, -0.15) is 13.2 Å². The number of aryl methyl sites for hydroxylation is 2. The minimum absolute atomic E-state index is 0.0307. The lowest BCUT2D eigenvalue weighted by atomic mass is 9.93. The summed E-state index contributed by atoms with van der Waals surface area (Å²) >= 11 is 0. The van der Waals surface area contributed by atoms with Crippen LogP contribution in [0.25, 0.3) is 16.9 Å². The molecule has 2 aliphatic rings. The molecule has 0 unspecified atom stereocenters. The number of hydrogen-bond acceptors (Lipinski definition) is 17. The zero-order valence-corrected chi connectivity index (χ0v) is 44.7. The molecule has 2 aromatic carbocycles. The van der Waals surface area contributed by atoms with Crippen LogP contribution in [0, 0.1) is 31.6 Å². The number of ether oxygens (including phenoxy) is 10. The van der Waals surface area contributed by atoms with E-state index in [1.54, 1.807) is 62.0 Å². The molecule has 0 spiro atoms. The van der Waals surface area contributed by atoms with Crippen molar-refractivity contribution >= 4 is 29.1 Å². The van der Waals surface area contributed by atoms with Gasteiger partial charge in [-0.05, 0) is 86.6 Å². The Balaban J connectivity index is 0.647. The van der Waals surface area contributed by atoms with Gasteiger partial charge in [0.2, 0.25) is 11.9 Å². The van der Waals surface area contributed by atoms with E-state index >= 15 is 0 Å². The van der Waals surface area contributed by atoms with Crippen LogP contribution in [0.5, 0.6) is 5.75 Å². The molecule has 2 bridgehead atoms. The van der Waals surface area contributed by atoms with Gasteiger partial charge in [-0.1, -0.05) is 18.2 Å². The molecule has 0 aliphatic heterocycles. The van der Waals surface area contributed by atoms with Crippen LogP contribution >= 0.6 is 0 Å². The van der Waals surface area contributed by atoms with Crippen LogP contribution in [0.2, 0.25) is 0 Å². The fourth-order valence-electron chi connectivity index (χ4n) is 8.54. The van der Waals surface area contributed by atoms with Gasteiger partial charge in [0.05, 0.1) is 148 Å². The summed E-state index contributed by atoms with van der Waals surface area (Å²) < 4.78 is 98.8. The van der Waals surface area contributed by atoms with Gasteiger partial charge >= 0.3 is 6.18 Å². The summed E-state index contributed by atoms with van der Waals surface area (Å²) in [5.41, 5.74) is 2.59. The summed E-state index contributed by atoms with van der Waals surface area (Å²) in [6.45, 7) is 12.3. The maximum atomic E-state index is 13.8. The number of fused-ring (bicyclic) bond motifs is 2. The molecule has 2 aliphatic carbocycles. The highest BCUT2D eigenvalue weighted by molar-refractivity contribution is 6.05. The summed E-state index contributed by atoms with van der Waals surface area (Å²) in [5.74, 6) is 1.41.